The monoisotopic (exact) mass is 184 g/mol. The zero-order valence-electron chi connectivity index (χ0n) is 5.59. The number of rotatable bonds is 1. The van der Waals surface area contributed by atoms with Gasteiger partial charge in [-0.15, -0.1) is 12.4 Å². The molecule has 0 unspecified atom stereocenters. The van der Waals surface area contributed by atoms with Crippen LogP contribution in [-0.4, -0.2) is 18.5 Å². The minimum absolute atomic E-state index is 0. The molecule has 1 aliphatic rings. The van der Waals surface area contributed by atoms with Crippen LogP contribution in [0.15, 0.2) is 0 Å². The van der Waals surface area contributed by atoms with Crippen LogP contribution in [0.2, 0.25) is 0 Å². The van der Waals surface area contributed by atoms with E-state index >= 15 is 0 Å². The average Bonchev–Trinajstić information content (AvgIpc) is 2.12. The van der Waals surface area contributed by atoms with E-state index in [-0.39, 0.29) is 37.9 Å². The molecule has 1 fully saturated rings. The van der Waals surface area contributed by atoms with Crippen molar-refractivity contribution < 1.29 is 4.79 Å². The van der Waals surface area contributed by atoms with Crippen LogP contribution in [0.3, 0.4) is 0 Å². The molecule has 0 aromatic carbocycles. The Balaban J connectivity index is 0. The van der Waals surface area contributed by atoms with E-state index in [1.165, 1.54) is 0 Å². The van der Waals surface area contributed by atoms with Crippen LogP contribution in [0.1, 0.15) is 12.8 Å². The zero-order valence-corrected chi connectivity index (χ0v) is 7.41. The van der Waals surface area contributed by atoms with E-state index in [0.717, 1.165) is 19.4 Å². The Morgan fingerprint density at radius 1 is 1.60 bits per heavy atom. The molecular weight excluding hydrogens is 172 g/mol. The van der Waals surface area contributed by atoms with Crippen LogP contribution in [0.5, 0.6) is 0 Å². The lowest BCUT2D eigenvalue weighted by atomic mass is 10.2. The summed E-state index contributed by atoms with van der Waals surface area (Å²) in [5.74, 6) is -0.220. The summed E-state index contributed by atoms with van der Waals surface area (Å²) in [6, 6.07) is -0.0463. The molecule has 62 valence electrons. The van der Waals surface area contributed by atoms with Gasteiger partial charge in [0.05, 0.1) is 6.04 Å². The highest BCUT2D eigenvalue weighted by Gasteiger charge is 2.18. The first-order valence-electron chi connectivity index (χ1n) is 2.83. The fourth-order valence-corrected chi connectivity index (χ4v) is 0.927. The van der Waals surface area contributed by atoms with E-state index in [0.29, 0.717) is 0 Å². The van der Waals surface area contributed by atoms with Gasteiger partial charge in [-0.1, -0.05) is 0 Å². The second-order valence-electron chi connectivity index (χ2n) is 2.05. The average molecular weight is 185 g/mol. The maximum absolute atomic E-state index is 10.4. The van der Waals surface area contributed by atoms with Crippen molar-refractivity contribution in [1.82, 2.24) is 5.32 Å². The topological polar surface area (TPSA) is 55.1 Å². The van der Waals surface area contributed by atoms with Crippen molar-refractivity contribution in [3.8, 4) is 0 Å². The second kappa shape index (κ2) is 5.82. The smallest absolute Gasteiger partial charge is 0.234 e. The van der Waals surface area contributed by atoms with Crippen molar-refractivity contribution in [2.24, 2.45) is 5.73 Å². The summed E-state index contributed by atoms with van der Waals surface area (Å²) in [5, 5.41) is 2.98. The second-order valence-corrected chi connectivity index (χ2v) is 2.05. The van der Waals surface area contributed by atoms with E-state index in [1.807, 2.05) is 0 Å². The SMILES string of the molecule is Cl.NC(=O)[C@@H]1CCCN1.S. The van der Waals surface area contributed by atoms with Crippen LogP contribution >= 0.6 is 25.9 Å². The number of hydrogen-bond acceptors (Lipinski definition) is 2. The van der Waals surface area contributed by atoms with Gasteiger partial charge in [0.15, 0.2) is 0 Å². The van der Waals surface area contributed by atoms with Gasteiger partial charge in [-0.05, 0) is 19.4 Å². The maximum Gasteiger partial charge on any atom is 0.234 e. The molecule has 3 N–H and O–H groups in total. The van der Waals surface area contributed by atoms with Crippen molar-refractivity contribution in [1.29, 1.82) is 0 Å². The standard InChI is InChI=1S/C5H10N2O.ClH.H2S/c6-5(8)4-2-1-3-7-4;;/h4,7H,1-3H2,(H2,6,8);1H;1H2/t4-;;/m0../s1. The molecule has 1 rings (SSSR count). The Kier molecular flexibility index (Phi) is 7.41. The molecule has 1 aliphatic heterocycles. The number of nitrogens with one attached hydrogen (secondary N) is 1. The maximum atomic E-state index is 10.4. The lowest BCUT2D eigenvalue weighted by Gasteiger charge is -2.01. The number of carbonyl (C=O) groups excluding carboxylic acids is 1. The highest BCUT2D eigenvalue weighted by Crippen LogP contribution is 2.02. The molecule has 1 amide bonds. The number of hydrogen-bond donors (Lipinski definition) is 2. The highest BCUT2D eigenvalue weighted by atomic mass is 35.5. The normalized spacial score (nSPS) is 22.6. The largest absolute Gasteiger partial charge is 0.368 e. The van der Waals surface area contributed by atoms with Crippen LogP contribution in [0.4, 0.5) is 0 Å². The Morgan fingerprint density at radius 3 is 2.40 bits per heavy atom. The van der Waals surface area contributed by atoms with Crippen molar-refractivity contribution >= 4 is 31.8 Å². The molecule has 3 nitrogen and oxygen atoms in total. The van der Waals surface area contributed by atoms with Gasteiger partial charge in [-0.3, -0.25) is 4.79 Å². The molecule has 10 heavy (non-hydrogen) atoms. The summed E-state index contributed by atoms with van der Waals surface area (Å²) >= 11 is 0. The molecule has 0 aromatic heterocycles. The lowest BCUT2D eigenvalue weighted by Crippen LogP contribution is -2.36. The summed E-state index contributed by atoms with van der Waals surface area (Å²) in [6.07, 6.45) is 1.99. The first kappa shape index (κ1) is 12.7. The quantitative estimate of drug-likeness (QED) is 0.591. The van der Waals surface area contributed by atoms with Gasteiger partial charge in [0.25, 0.3) is 0 Å². The van der Waals surface area contributed by atoms with Crippen molar-refractivity contribution in [2.75, 3.05) is 6.54 Å². The summed E-state index contributed by atoms with van der Waals surface area (Å²) in [7, 11) is 0. The summed E-state index contributed by atoms with van der Waals surface area (Å²) in [5.41, 5.74) is 5.00. The number of nitrogens with two attached hydrogens (primary N) is 1. The minimum atomic E-state index is -0.220. The molecule has 5 heteroatoms. The zero-order chi connectivity index (χ0) is 5.98. The molecule has 1 atom stereocenters. The van der Waals surface area contributed by atoms with Gasteiger partial charge in [-0.25, -0.2) is 0 Å². The molecule has 0 saturated carbocycles. The number of primary amides is 1. The Hall–Kier alpha value is 0.0700. The van der Waals surface area contributed by atoms with Gasteiger partial charge in [0, 0.05) is 0 Å². The van der Waals surface area contributed by atoms with Crippen LogP contribution in [0, 0.1) is 0 Å². The summed E-state index contributed by atoms with van der Waals surface area (Å²) < 4.78 is 0. The minimum Gasteiger partial charge on any atom is -0.368 e. The van der Waals surface area contributed by atoms with Crippen LogP contribution < -0.4 is 11.1 Å². The van der Waals surface area contributed by atoms with E-state index in [4.69, 9.17) is 5.73 Å². The summed E-state index contributed by atoms with van der Waals surface area (Å²) in [4.78, 5) is 10.4. The van der Waals surface area contributed by atoms with Gasteiger partial charge in [0.1, 0.15) is 0 Å². The molecule has 1 saturated heterocycles. The third kappa shape index (κ3) is 3.29. The van der Waals surface area contributed by atoms with Crippen molar-refractivity contribution in [3.05, 3.63) is 0 Å². The van der Waals surface area contributed by atoms with E-state index in [1.54, 1.807) is 0 Å². The fraction of sp³-hybridized carbons (Fsp3) is 0.800. The third-order valence-electron chi connectivity index (χ3n) is 1.40. The number of amides is 1. The molecule has 0 aromatic rings. The van der Waals surface area contributed by atoms with Gasteiger partial charge >= 0.3 is 0 Å². The molecule has 0 bridgehead atoms. The van der Waals surface area contributed by atoms with Gasteiger partial charge in [-0.2, -0.15) is 13.5 Å². The lowest BCUT2D eigenvalue weighted by molar-refractivity contribution is -0.119. The van der Waals surface area contributed by atoms with Crippen LogP contribution in [-0.2, 0) is 4.79 Å². The Labute approximate surface area is 73.6 Å². The predicted molar refractivity (Wildman–Crippen MR) is 47.8 cm³/mol. The van der Waals surface area contributed by atoms with E-state index in [9.17, 15) is 4.79 Å². The number of halogens is 1. The fourth-order valence-electron chi connectivity index (χ4n) is 0.927. The molecule has 0 radical (unpaired) electrons. The molecule has 0 aliphatic carbocycles. The van der Waals surface area contributed by atoms with Crippen LogP contribution in [0.25, 0.3) is 0 Å². The predicted octanol–water partition coefficient (Wildman–Crippen LogP) is -0.242. The molecular formula is C5H13ClN2OS. The first-order valence-corrected chi connectivity index (χ1v) is 2.83. The summed E-state index contributed by atoms with van der Waals surface area (Å²) in [6.45, 7) is 0.938. The van der Waals surface area contributed by atoms with E-state index in [2.05, 4.69) is 5.32 Å². The number of carbonyl (C=O) groups is 1. The van der Waals surface area contributed by atoms with Crippen molar-refractivity contribution in [3.63, 3.8) is 0 Å². The Bertz CT molecular complexity index is 106. The van der Waals surface area contributed by atoms with Crippen molar-refractivity contribution in [2.45, 2.75) is 18.9 Å². The highest BCUT2D eigenvalue weighted by molar-refractivity contribution is 7.59. The first-order chi connectivity index (χ1) is 3.80. The molecule has 0 spiro atoms. The Morgan fingerprint density at radius 2 is 2.20 bits per heavy atom. The third-order valence-corrected chi connectivity index (χ3v) is 1.40. The van der Waals surface area contributed by atoms with Gasteiger partial charge < -0.3 is 11.1 Å². The molecule has 1 heterocycles. The van der Waals surface area contributed by atoms with Gasteiger partial charge in [0.2, 0.25) is 5.91 Å². The van der Waals surface area contributed by atoms with E-state index < -0.39 is 0 Å².